The molecule has 174 valence electrons. The summed E-state index contributed by atoms with van der Waals surface area (Å²) in [6, 6.07) is 11.5. The van der Waals surface area contributed by atoms with Gasteiger partial charge < -0.3 is 10.2 Å². The van der Waals surface area contributed by atoms with Crippen LogP contribution >= 0.6 is 11.9 Å². The van der Waals surface area contributed by atoms with Gasteiger partial charge in [0, 0.05) is 36.3 Å². The molecule has 1 unspecified atom stereocenters. The van der Waals surface area contributed by atoms with Crippen LogP contribution in [0.2, 0.25) is 0 Å². The lowest BCUT2D eigenvalue weighted by atomic mass is 10.1. The van der Waals surface area contributed by atoms with Crippen molar-refractivity contribution in [1.29, 1.82) is 0 Å². The third-order valence-corrected chi connectivity index (χ3v) is 6.61. The molecule has 1 N–H and O–H groups in total. The zero-order valence-electron chi connectivity index (χ0n) is 18.0. The minimum absolute atomic E-state index is 0.0960. The molecule has 1 aliphatic rings. The standard InChI is InChI=1S/C23H27F4N3OS/c1-16(2)30(32-21-9-5-19(24)6-10-21)15-22(31)28-13-17-11-12-29(14-17)20-7-3-18(4-8-20)23(25,26)27/h3-10,16-17H,11-15H2,1-2H3,(H,28,31). The van der Waals surface area contributed by atoms with E-state index in [2.05, 4.69) is 5.32 Å². The lowest BCUT2D eigenvalue weighted by molar-refractivity contribution is -0.137. The van der Waals surface area contributed by atoms with Crippen molar-refractivity contribution >= 4 is 23.5 Å². The maximum atomic E-state index is 13.1. The molecule has 9 heteroatoms. The van der Waals surface area contributed by atoms with E-state index in [0.29, 0.717) is 13.1 Å². The van der Waals surface area contributed by atoms with Gasteiger partial charge in [0.2, 0.25) is 5.91 Å². The summed E-state index contributed by atoms with van der Waals surface area (Å²) in [7, 11) is 0. The molecular formula is C23H27F4N3OS. The smallest absolute Gasteiger partial charge is 0.371 e. The molecule has 2 aromatic carbocycles. The second kappa shape index (κ2) is 10.6. The van der Waals surface area contributed by atoms with Crippen LogP contribution in [-0.2, 0) is 11.0 Å². The predicted molar refractivity (Wildman–Crippen MR) is 119 cm³/mol. The molecule has 1 heterocycles. The van der Waals surface area contributed by atoms with Crippen molar-refractivity contribution in [2.24, 2.45) is 5.92 Å². The van der Waals surface area contributed by atoms with Gasteiger partial charge in [-0.25, -0.2) is 8.70 Å². The Labute approximate surface area is 190 Å². The van der Waals surface area contributed by atoms with Gasteiger partial charge >= 0.3 is 6.18 Å². The summed E-state index contributed by atoms with van der Waals surface area (Å²) in [5, 5.41) is 2.98. The summed E-state index contributed by atoms with van der Waals surface area (Å²) >= 11 is 1.41. The fourth-order valence-corrected chi connectivity index (χ4v) is 4.42. The highest BCUT2D eigenvalue weighted by Crippen LogP contribution is 2.31. The molecule has 4 nitrogen and oxygen atoms in total. The SMILES string of the molecule is CC(C)N(CC(=O)NCC1CCN(c2ccc(C(F)(F)F)cc2)C1)Sc1ccc(F)cc1. The Morgan fingerprint density at radius 1 is 1.16 bits per heavy atom. The molecule has 1 saturated heterocycles. The Balaban J connectivity index is 1.46. The molecule has 2 aromatic rings. The summed E-state index contributed by atoms with van der Waals surface area (Å²) in [6.45, 7) is 6.12. The van der Waals surface area contributed by atoms with Crippen LogP contribution in [0.4, 0.5) is 23.2 Å². The van der Waals surface area contributed by atoms with E-state index in [4.69, 9.17) is 0 Å². The molecule has 1 aliphatic heterocycles. The van der Waals surface area contributed by atoms with E-state index < -0.39 is 11.7 Å². The first-order valence-corrected chi connectivity index (χ1v) is 11.3. The van der Waals surface area contributed by atoms with Gasteiger partial charge in [-0.15, -0.1) is 0 Å². The highest BCUT2D eigenvalue weighted by Gasteiger charge is 2.31. The summed E-state index contributed by atoms with van der Waals surface area (Å²) < 4.78 is 53.3. The number of benzene rings is 2. The van der Waals surface area contributed by atoms with E-state index in [0.717, 1.165) is 35.7 Å². The van der Waals surface area contributed by atoms with Crippen molar-refractivity contribution < 1.29 is 22.4 Å². The fraction of sp³-hybridized carbons (Fsp3) is 0.435. The first kappa shape index (κ1) is 24.4. The molecule has 0 radical (unpaired) electrons. The third kappa shape index (κ3) is 6.87. The van der Waals surface area contributed by atoms with Crippen molar-refractivity contribution in [1.82, 2.24) is 9.62 Å². The molecule has 0 spiro atoms. The maximum absolute atomic E-state index is 13.1. The molecule has 1 amide bonds. The van der Waals surface area contributed by atoms with Crippen molar-refractivity contribution in [3.05, 3.63) is 59.9 Å². The number of carbonyl (C=O) groups is 1. The van der Waals surface area contributed by atoms with Gasteiger partial charge in [0.25, 0.3) is 0 Å². The van der Waals surface area contributed by atoms with E-state index >= 15 is 0 Å². The minimum atomic E-state index is -4.34. The highest BCUT2D eigenvalue weighted by atomic mass is 32.2. The lowest BCUT2D eigenvalue weighted by Crippen LogP contribution is -2.39. The van der Waals surface area contributed by atoms with E-state index in [9.17, 15) is 22.4 Å². The topological polar surface area (TPSA) is 35.6 Å². The molecule has 0 aliphatic carbocycles. The Bertz CT molecular complexity index is 888. The third-order valence-electron chi connectivity index (χ3n) is 5.35. The molecule has 0 aromatic heterocycles. The van der Waals surface area contributed by atoms with E-state index in [1.54, 1.807) is 12.1 Å². The number of halogens is 4. The second-order valence-electron chi connectivity index (χ2n) is 8.16. The number of anilines is 1. The summed E-state index contributed by atoms with van der Waals surface area (Å²) in [4.78, 5) is 15.4. The number of hydrogen-bond acceptors (Lipinski definition) is 4. The molecule has 3 rings (SSSR count). The molecular weight excluding hydrogens is 442 g/mol. The quantitative estimate of drug-likeness (QED) is 0.426. The Morgan fingerprint density at radius 3 is 2.41 bits per heavy atom. The summed E-state index contributed by atoms with van der Waals surface area (Å²) in [6.07, 6.45) is -3.48. The van der Waals surface area contributed by atoms with Gasteiger partial charge in [0.1, 0.15) is 5.82 Å². The highest BCUT2D eigenvalue weighted by molar-refractivity contribution is 7.97. The first-order chi connectivity index (χ1) is 15.1. The molecule has 1 atom stereocenters. The molecule has 1 fully saturated rings. The molecule has 0 bridgehead atoms. The zero-order valence-corrected chi connectivity index (χ0v) is 18.8. The van der Waals surface area contributed by atoms with Crippen LogP contribution < -0.4 is 10.2 Å². The number of carbonyl (C=O) groups excluding carboxylic acids is 1. The first-order valence-electron chi connectivity index (χ1n) is 10.5. The van der Waals surface area contributed by atoms with Gasteiger partial charge in [0.05, 0.1) is 12.1 Å². The minimum Gasteiger partial charge on any atom is -0.371 e. The largest absolute Gasteiger partial charge is 0.416 e. The number of nitrogens with one attached hydrogen (secondary N) is 1. The Hall–Kier alpha value is -2.26. The van der Waals surface area contributed by atoms with Gasteiger partial charge in [0.15, 0.2) is 0 Å². The van der Waals surface area contributed by atoms with Crippen molar-refractivity contribution in [2.75, 3.05) is 31.1 Å². The molecule has 0 saturated carbocycles. The number of alkyl halides is 3. The predicted octanol–water partition coefficient (Wildman–Crippen LogP) is 5.20. The number of nitrogens with zero attached hydrogens (tertiary/aromatic N) is 2. The summed E-state index contributed by atoms with van der Waals surface area (Å²) in [5.41, 5.74) is 0.103. The number of rotatable bonds is 8. The van der Waals surface area contributed by atoms with Gasteiger partial charge in [-0.05, 0) is 86.7 Å². The van der Waals surface area contributed by atoms with Crippen LogP contribution in [0.3, 0.4) is 0 Å². The maximum Gasteiger partial charge on any atom is 0.416 e. The van der Waals surface area contributed by atoms with E-state index in [1.807, 2.05) is 23.1 Å². The van der Waals surface area contributed by atoms with E-state index in [1.165, 1.54) is 36.2 Å². The van der Waals surface area contributed by atoms with Crippen LogP contribution in [-0.4, -0.2) is 42.4 Å². The average Bonchev–Trinajstić information content (AvgIpc) is 3.22. The van der Waals surface area contributed by atoms with Crippen molar-refractivity contribution in [3.8, 4) is 0 Å². The van der Waals surface area contributed by atoms with Gasteiger partial charge in [-0.2, -0.15) is 13.2 Å². The van der Waals surface area contributed by atoms with Crippen LogP contribution in [0.5, 0.6) is 0 Å². The van der Waals surface area contributed by atoms with Crippen LogP contribution in [0.25, 0.3) is 0 Å². The monoisotopic (exact) mass is 469 g/mol. The van der Waals surface area contributed by atoms with Crippen LogP contribution in [0.15, 0.2) is 53.4 Å². The van der Waals surface area contributed by atoms with Crippen LogP contribution in [0, 0.1) is 11.7 Å². The normalized spacial score (nSPS) is 16.8. The van der Waals surface area contributed by atoms with Crippen molar-refractivity contribution in [2.45, 2.75) is 37.4 Å². The van der Waals surface area contributed by atoms with Gasteiger partial charge in [-0.1, -0.05) is 0 Å². The summed E-state index contributed by atoms with van der Waals surface area (Å²) in [5.74, 6) is -0.162. The fourth-order valence-electron chi connectivity index (χ4n) is 3.50. The van der Waals surface area contributed by atoms with E-state index in [-0.39, 0.29) is 30.2 Å². The second-order valence-corrected chi connectivity index (χ2v) is 9.29. The number of hydrogen-bond donors (Lipinski definition) is 1. The number of amides is 1. The lowest BCUT2D eigenvalue weighted by Gasteiger charge is -2.25. The average molecular weight is 470 g/mol. The van der Waals surface area contributed by atoms with Crippen LogP contribution in [0.1, 0.15) is 25.8 Å². The Morgan fingerprint density at radius 2 is 1.81 bits per heavy atom. The molecule has 32 heavy (non-hydrogen) atoms. The van der Waals surface area contributed by atoms with Gasteiger partial charge in [-0.3, -0.25) is 4.79 Å². The zero-order chi connectivity index (χ0) is 23.3. The van der Waals surface area contributed by atoms with Crippen molar-refractivity contribution in [3.63, 3.8) is 0 Å². The Kier molecular flexibility index (Phi) is 8.05.